The Labute approximate surface area is 179 Å². The van der Waals surface area contributed by atoms with Crippen molar-refractivity contribution in [3.05, 3.63) is 46.6 Å². The maximum atomic E-state index is 13.2. The molecule has 0 radical (unpaired) electrons. The molecule has 4 rings (SSSR count). The number of aliphatic hydroxyl groups is 4. The molecule has 11 nitrogen and oxygen atoms in total. The highest BCUT2D eigenvalue weighted by Gasteiger charge is 2.45. The molecule has 1 fully saturated rings. The Hall–Kier alpha value is -3.35. The van der Waals surface area contributed by atoms with Crippen LogP contribution in [0.2, 0.25) is 0 Å². The average Bonchev–Trinajstić information content (AvgIpc) is 2.75. The third kappa shape index (κ3) is 3.72. The summed E-state index contributed by atoms with van der Waals surface area (Å²) in [6.07, 6.45) is -8.16. The average molecular weight is 448 g/mol. The minimum atomic E-state index is -1.80. The molecule has 0 saturated carbocycles. The molecule has 1 aromatic heterocycles. The van der Waals surface area contributed by atoms with E-state index in [0.29, 0.717) is 0 Å². The Morgan fingerprint density at radius 1 is 0.906 bits per heavy atom. The molecular formula is C21H20O11. The van der Waals surface area contributed by atoms with Crippen LogP contribution in [0.1, 0.15) is 0 Å². The molecule has 2 aromatic carbocycles. The van der Waals surface area contributed by atoms with Gasteiger partial charge in [-0.05, 0) is 24.3 Å². The fourth-order valence-corrected chi connectivity index (χ4v) is 3.46. The minimum absolute atomic E-state index is 0.0661. The summed E-state index contributed by atoms with van der Waals surface area (Å²) in [7, 11) is 0. The van der Waals surface area contributed by atoms with Crippen molar-refractivity contribution >= 4 is 11.0 Å². The second-order valence-corrected chi connectivity index (χ2v) is 7.29. The third-order valence-electron chi connectivity index (χ3n) is 5.13. The van der Waals surface area contributed by atoms with E-state index in [4.69, 9.17) is 13.9 Å². The van der Waals surface area contributed by atoms with Crippen molar-refractivity contribution < 1.29 is 49.6 Å². The van der Waals surface area contributed by atoms with Crippen LogP contribution in [0.3, 0.4) is 0 Å². The topological polar surface area (TPSA) is 190 Å². The molecular weight excluding hydrogens is 428 g/mol. The van der Waals surface area contributed by atoms with Crippen LogP contribution in [0, 0.1) is 0 Å². The fourth-order valence-electron chi connectivity index (χ4n) is 3.46. The van der Waals surface area contributed by atoms with Crippen LogP contribution in [0.25, 0.3) is 22.3 Å². The molecule has 0 spiro atoms. The lowest BCUT2D eigenvalue weighted by molar-refractivity contribution is -0.277. The minimum Gasteiger partial charge on any atom is -0.508 e. The van der Waals surface area contributed by atoms with E-state index in [2.05, 4.69) is 0 Å². The van der Waals surface area contributed by atoms with Crippen molar-refractivity contribution in [1.29, 1.82) is 0 Å². The molecule has 0 bridgehead atoms. The molecule has 1 aliphatic heterocycles. The summed E-state index contributed by atoms with van der Waals surface area (Å²) in [5.74, 6) is -1.73. The molecule has 11 heteroatoms. The summed E-state index contributed by atoms with van der Waals surface area (Å²) < 4.78 is 16.6. The van der Waals surface area contributed by atoms with E-state index in [1.165, 1.54) is 24.3 Å². The molecule has 0 unspecified atom stereocenters. The highest BCUT2D eigenvalue weighted by molar-refractivity contribution is 5.88. The van der Waals surface area contributed by atoms with Crippen LogP contribution in [-0.4, -0.2) is 73.1 Å². The maximum absolute atomic E-state index is 13.2. The molecule has 1 saturated heterocycles. The fraction of sp³-hybridized carbons (Fsp3) is 0.286. The lowest BCUT2D eigenvalue weighted by Crippen LogP contribution is -2.60. The first-order valence-electron chi connectivity index (χ1n) is 9.50. The van der Waals surface area contributed by atoms with E-state index in [9.17, 15) is 40.5 Å². The van der Waals surface area contributed by atoms with E-state index in [1.807, 2.05) is 0 Å². The van der Waals surface area contributed by atoms with Crippen LogP contribution in [0.15, 0.2) is 45.6 Å². The second-order valence-electron chi connectivity index (χ2n) is 7.29. The summed E-state index contributed by atoms with van der Waals surface area (Å²) in [6, 6.07) is 7.48. The van der Waals surface area contributed by atoms with E-state index in [1.54, 1.807) is 0 Å². The molecule has 0 aliphatic carbocycles. The number of phenolic OH excluding ortho intramolecular Hbond substituents is 3. The zero-order chi connectivity index (χ0) is 23.2. The SMILES string of the molecule is O=c1c(O[C@@H]2O[C@H](CO)[C@@H](O)[C@H](O)[C@@H]2O)c(-c2ccc(O)cc2)oc2cc(O)cc(O)c12. The maximum Gasteiger partial charge on any atom is 0.239 e. The van der Waals surface area contributed by atoms with Gasteiger partial charge in [-0.3, -0.25) is 4.79 Å². The normalized spacial score (nSPS) is 25.7. The van der Waals surface area contributed by atoms with Crippen LogP contribution in [-0.2, 0) is 4.74 Å². The van der Waals surface area contributed by atoms with Crippen molar-refractivity contribution in [2.45, 2.75) is 30.7 Å². The van der Waals surface area contributed by atoms with E-state index < -0.39 is 54.2 Å². The zero-order valence-corrected chi connectivity index (χ0v) is 16.3. The Morgan fingerprint density at radius 3 is 2.25 bits per heavy atom. The number of ether oxygens (including phenoxy) is 2. The molecule has 3 aromatic rings. The van der Waals surface area contributed by atoms with E-state index in [0.717, 1.165) is 12.1 Å². The number of benzene rings is 2. The monoisotopic (exact) mass is 448 g/mol. The van der Waals surface area contributed by atoms with Gasteiger partial charge in [-0.2, -0.15) is 0 Å². The summed E-state index contributed by atoms with van der Waals surface area (Å²) in [4.78, 5) is 13.2. The van der Waals surface area contributed by atoms with Crippen molar-refractivity contribution in [3.8, 4) is 34.3 Å². The van der Waals surface area contributed by atoms with Gasteiger partial charge >= 0.3 is 0 Å². The quantitative estimate of drug-likeness (QED) is 0.279. The van der Waals surface area contributed by atoms with Crippen molar-refractivity contribution in [2.24, 2.45) is 0 Å². The number of phenols is 3. The summed E-state index contributed by atoms with van der Waals surface area (Å²) in [6.45, 7) is -0.706. The lowest BCUT2D eigenvalue weighted by Gasteiger charge is -2.39. The lowest BCUT2D eigenvalue weighted by atomic mass is 9.99. The van der Waals surface area contributed by atoms with Gasteiger partial charge in [-0.1, -0.05) is 0 Å². The molecule has 7 N–H and O–H groups in total. The highest BCUT2D eigenvalue weighted by atomic mass is 16.7. The molecule has 5 atom stereocenters. The second kappa shape index (κ2) is 8.30. The smallest absolute Gasteiger partial charge is 0.239 e. The van der Waals surface area contributed by atoms with Gasteiger partial charge in [0.2, 0.25) is 17.5 Å². The van der Waals surface area contributed by atoms with Gasteiger partial charge in [0.1, 0.15) is 52.6 Å². The number of aromatic hydroxyl groups is 3. The zero-order valence-electron chi connectivity index (χ0n) is 16.3. The van der Waals surface area contributed by atoms with Crippen molar-refractivity contribution in [1.82, 2.24) is 0 Å². The molecule has 2 heterocycles. The molecule has 1 aliphatic rings. The Balaban J connectivity index is 1.89. The first-order valence-corrected chi connectivity index (χ1v) is 9.50. The van der Waals surface area contributed by atoms with Gasteiger partial charge < -0.3 is 49.6 Å². The summed E-state index contributed by atoms with van der Waals surface area (Å²) in [5.41, 5.74) is -0.801. The van der Waals surface area contributed by atoms with Gasteiger partial charge in [-0.15, -0.1) is 0 Å². The van der Waals surface area contributed by atoms with Gasteiger partial charge in [-0.25, -0.2) is 0 Å². The number of hydrogen-bond donors (Lipinski definition) is 7. The standard InChI is InChI=1S/C21H20O11/c22-7-13-15(26)17(28)18(29)21(31-13)32-20-16(27)14-11(25)5-10(24)6-12(14)30-19(20)8-1-3-9(23)4-2-8/h1-6,13,15,17-18,21-26,28-29H,7H2/t13-,15-,17+,18+,21+/m1/s1. The third-order valence-corrected chi connectivity index (χ3v) is 5.13. The summed E-state index contributed by atoms with van der Waals surface area (Å²) in [5, 5.41) is 68.8. The molecule has 32 heavy (non-hydrogen) atoms. The largest absolute Gasteiger partial charge is 0.508 e. The van der Waals surface area contributed by atoms with E-state index in [-0.39, 0.29) is 33.8 Å². The van der Waals surface area contributed by atoms with Gasteiger partial charge in [0, 0.05) is 17.7 Å². The van der Waals surface area contributed by atoms with Gasteiger partial charge in [0.25, 0.3) is 0 Å². The number of rotatable bonds is 4. The Kier molecular flexibility index (Phi) is 5.67. The Morgan fingerprint density at radius 2 is 1.59 bits per heavy atom. The first kappa shape index (κ1) is 21.9. The van der Waals surface area contributed by atoms with Crippen molar-refractivity contribution in [2.75, 3.05) is 6.61 Å². The number of fused-ring (bicyclic) bond motifs is 1. The number of hydrogen-bond acceptors (Lipinski definition) is 11. The Bertz CT molecular complexity index is 1190. The molecule has 170 valence electrons. The van der Waals surface area contributed by atoms with Crippen molar-refractivity contribution in [3.63, 3.8) is 0 Å². The van der Waals surface area contributed by atoms with Crippen LogP contribution in [0.4, 0.5) is 0 Å². The first-order chi connectivity index (χ1) is 15.2. The number of aliphatic hydroxyl groups excluding tert-OH is 4. The highest BCUT2D eigenvalue weighted by Crippen LogP contribution is 2.37. The van der Waals surface area contributed by atoms with Crippen LogP contribution < -0.4 is 10.2 Å². The van der Waals surface area contributed by atoms with Crippen LogP contribution >= 0.6 is 0 Å². The predicted molar refractivity (Wildman–Crippen MR) is 107 cm³/mol. The molecule has 0 amide bonds. The van der Waals surface area contributed by atoms with Crippen LogP contribution in [0.5, 0.6) is 23.0 Å². The predicted octanol–water partition coefficient (Wildman–Crippen LogP) is -0.244. The summed E-state index contributed by atoms with van der Waals surface area (Å²) >= 11 is 0. The van der Waals surface area contributed by atoms with Gasteiger partial charge in [0.15, 0.2) is 5.76 Å². The van der Waals surface area contributed by atoms with E-state index >= 15 is 0 Å². The van der Waals surface area contributed by atoms with Gasteiger partial charge in [0.05, 0.1) is 6.61 Å².